The number of hydrogen-bond acceptors (Lipinski definition) is 3. The Morgan fingerprint density at radius 1 is 1.27 bits per heavy atom. The third-order valence-corrected chi connectivity index (χ3v) is 5.36. The minimum Gasteiger partial charge on any atom is -0.335 e. The molecule has 6 nitrogen and oxygen atoms in total. The minimum atomic E-state index is -0.268. The van der Waals surface area contributed by atoms with E-state index in [2.05, 4.69) is 4.98 Å². The SMILES string of the molecule is CC1CCCN1C(=O)c1cn2cc(-c3ccccc3Cl)n(C)c(=O)c2n1. The molecule has 1 fully saturated rings. The first-order chi connectivity index (χ1) is 12.5. The molecule has 1 amide bonds. The molecule has 1 unspecified atom stereocenters. The highest BCUT2D eigenvalue weighted by molar-refractivity contribution is 6.33. The molecule has 26 heavy (non-hydrogen) atoms. The van der Waals surface area contributed by atoms with Crippen molar-refractivity contribution in [1.29, 1.82) is 0 Å². The lowest BCUT2D eigenvalue weighted by Crippen LogP contribution is -2.33. The summed E-state index contributed by atoms with van der Waals surface area (Å²) in [6.45, 7) is 2.77. The maximum Gasteiger partial charge on any atom is 0.294 e. The van der Waals surface area contributed by atoms with Crippen LogP contribution < -0.4 is 5.56 Å². The lowest BCUT2D eigenvalue weighted by molar-refractivity contribution is 0.0742. The highest BCUT2D eigenvalue weighted by Gasteiger charge is 2.28. The number of rotatable bonds is 2. The minimum absolute atomic E-state index is 0.125. The normalized spacial score (nSPS) is 17.2. The molecule has 3 heterocycles. The average Bonchev–Trinajstić information content (AvgIpc) is 3.24. The standard InChI is InChI=1S/C19H19ClN4O2/c1-12-6-5-9-24(12)18(25)15-10-23-11-16(13-7-3-4-8-14(13)20)22(2)19(26)17(23)21-15/h3-4,7-8,10-12H,5-6,9H2,1-2H3. The average molecular weight is 371 g/mol. The van der Waals surface area contributed by atoms with Crippen molar-refractivity contribution in [2.24, 2.45) is 7.05 Å². The number of hydrogen-bond donors (Lipinski definition) is 0. The van der Waals surface area contributed by atoms with Gasteiger partial charge in [0.25, 0.3) is 11.5 Å². The highest BCUT2D eigenvalue weighted by atomic mass is 35.5. The number of carbonyl (C=O) groups is 1. The van der Waals surface area contributed by atoms with Crippen LogP contribution >= 0.6 is 11.6 Å². The van der Waals surface area contributed by atoms with Crippen molar-refractivity contribution < 1.29 is 4.79 Å². The van der Waals surface area contributed by atoms with Gasteiger partial charge in [0.1, 0.15) is 5.69 Å². The molecule has 2 aromatic heterocycles. The Morgan fingerprint density at radius 3 is 2.73 bits per heavy atom. The molecule has 3 aromatic rings. The van der Waals surface area contributed by atoms with E-state index in [0.717, 1.165) is 24.9 Å². The molecule has 4 rings (SSSR count). The number of fused-ring (bicyclic) bond motifs is 1. The van der Waals surface area contributed by atoms with Crippen molar-refractivity contribution in [2.45, 2.75) is 25.8 Å². The van der Waals surface area contributed by atoms with Crippen molar-refractivity contribution in [3.63, 3.8) is 0 Å². The van der Waals surface area contributed by atoms with Crippen molar-refractivity contribution in [1.82, 2.24) is 18.9 Å². The van der Waals surface area contributed by atoms with E-state index >= 15 is 0 Å². The number of imidazole rings is 1. The van der Waals surface area contributed by atoms with Gasteiger partial charge in [0.05, 0.1) is 5.69 Å². The van der Waals surface area contributed by atoms with Gasteiger partial charge in [-0.3, -0.25) is 14.0 Å². The van der Waals surface area contributed by atoms with Crippen molar-refractivity contribution >= 4 is 23.2 Å². The molecule has 0 spiro atoms. The van der Waals surface area contributed by atoms with Gasteiger partial charge in [-0.1, -0.05) is 29.8 Å². The summed E-state index contributed by atoms with van der Waals surface area (Å²) in [5.74, 6) is -0.125. The van der Waals surface area contributed by atoms with E-state index in [4.69, 9.17) is 11.6 Å². The zero-order chi connectivity index (χ0) is 18.4. The molecule has 7 heteroatoms. The van der Waals surface area contributed by atoms with E-state index in [1.165, 1.54) is 4.57 Å². The molecule has 1 atom stereocenters. The van der Waals surface area contributed by atoms with Gasteiger partial charge in [-0.25, -0.2) is 4.98 Å². The number of halogens is 1. The summed E-state index contributed by atoms with van der Waals surface area (Å²) in [4.78, 5) is 31.7. The topological polar surface area (TPSA) is 59.6 Å². The molecule has 134 valence electrons. The van der Waals surface area contributed by atoms with Gasteiger partial charge in [0.15, 0.2) is 0 Å². The number of nitrogens with zero attached hydrogens (tertiary/aromatic N) is 4. The number of carbonyl (C=O) groups excluding carboxylic acids is 1. The first kappa shape index (κ1) is 16.8. The van der Waals surface area contributed by atoms with Crippen LogP contribution in [0, 0.1) is 0 Å². The first-order valence-electron chi connectivity index (χ1n) is 8.62. The predicted octanol–water partition coefficient (Wildman–Crippen LogP) is 2.98. The number of likely N-dealkylation sites (tertiary alicyclic amines) is 1. The summed E-state index contributed by atoms with van der Waals surface area (Å²) in [6, 6.07) is 7.55. The first-order valence-corrected chi connectivity index (χ1v) is 9.00. The zero-order valence-electron chi connectivity index (χ0n) is 14.6. The number of benzene rings is 1. The van der Waals surface area contributed by atoms with Gasteiger partial charge < -0.3 is 9.47 Å². The van der Waals surface area contributed by atoms with Crippen LogP contribution in [0.4, 0.5) is 0 Å². The van der Waals surface area contributed by atoms with Crippen LogP contribution in [-0.2, 0) is 7.05 Å². The third kappa shape index (κ3) is 2.61. The smallest absolute Gasteiger partial charge is 0.294 e. The van der Waals surface area contributed by atoms with Gasteiger partial charge in [0.2, 0.25) is 5.65 Å². The quantitative estimate of drug-likeness (QED) is 0.696. The maximum atomic E-state index is 12.8. The summed E-state index contributed by atoms with van der Waals surface area (Å²) in [7, 11) is 1.68. The van der Waals surface area contributed by atoms with Gasteiger partial charge >= 0.3 is 0 Å². The molecule has 0 bridgehead atoms. The van der Waals surface area contributed by atoms with Gasteiger partial charge in [-0.05, 0) is 25.8 Å². The third-order valence-electron chi connectivity index (χ3n) is 5.03. The van der Waals surface area contributed by atoms with E-state index in [0.29, 0.717) is 16.4 Å². The molecule has 0 saturated carbocycles. The van der Waals surface area contributed by atoms with Crippen molar-refractivity contribution in [2.75, 3.05) is 6.54 Å². The molecule has 1 aromatic carbocycles. The number of amides is 1. The molecular formula is C19H19ClN4O2. The molecule has 0 radical (unpaired) electrons. The second-order valence-corrected chi connectivity index (χ2v) is 7.11. The second kappa shape index (κ2) is 6.29. The molecule has 1 aliphatic heterocycles. The number of aromatic nitrogens is 3. The van der Waals surface area contributed by atoms with E-state index in [-0.39, 0.29) is 23.2 Å². The lowest BCUT2D eigenvalue weighted by atomic mass is 10.1. The van der Waals surface area contributed by atoms with E-state index < -0.39 is 0 Å². The summed E-state index contributed by atoms with van der Waals surface area (Å²) in [5, 5.41) is 0.559. The van der Waals surface area contributed by atoms with E-state index in [1.54, 1.807) is 29.9 Å². The van der Waals surface area contributed by atoms with Crippen LogP contribution in [0.1, 0.15) is 30.3 Å². The second-order valence-electron chi connectivity index (χ2n) is 6.71. The summed E-state index contributed by atoms with van der Waals surface area (Å²) < 4.78 is 3.13. The summed E-state index contributed by atoms with van der Waals surface area (Å²) in [5.41, 5.74) is 1.69. The highest BCUT2D eigenvalue weighted by Crippen LogP contribution is 2.26. The fraction of sp³-hybridized carbons (Fsp3) is 0.316. The van der Waals surface area contributed by atoms with Crippen LogP contribution in [0.15, 0.2) is 41.5 Å². The Kier molecular flexibility index (Phi) is 4.07. The monoisotopic (exact) mass is 370 g/mol. The van der Waals surface area contributed by atoms with Crippen molar-refractivity contribution in [3.8, 4) is 11.3 Å². The van der Waals surface area contributed by atoms with E-state index in [1.807, 2.05) is 30.0 Å². The van der Waals surface area contributed by atoms with Crippen LogP contribution in [0.25, 0.3) is 16.9 Å². The maximum absolute atomic E-state index is 12.8. The Bertz CT molecular complexity index is 1070. The van der Waals surface area contributed by atoms with Crippen LogP contribution in [0.2, 0.25) is 5.02 Å². The largest absolute Gasteiger partial charge is 0.335 e. The fourth-order valence-corrected chi connectivity index (χ4v) is 3.76. The van der Waals surface area contributed by atoms with Crippen LogP contribution in [-0.4, -0.2) is 37.3 Å². The Balaban J connectivity index is 1.84. The Labute approximate surface area is 155 Å². The van der Waals surface area contributed by atoms with Crippen LogP contribution in [0.5, 0.6) is 0 Å². The summed E-state index contributed by atoms with van der Waals surface area (Å²) in [6.07, 6.45) is 5.41. The molecule has 0 aliphatic carbocycles. The molecule has 1 aliphatic rings. The Morgan fingerprint density at radius 2 is 2.04 bits per heavy atom. The Hall–Kier alpha value is -2.60. The predicted molar refractivity (Wildman–Crippen MR) is 101 cm³/mol. The van der Waals surface area contributed by atoms with Crippen molar-refractivity contribution in [3.05, 3.63) is 57.7 Å². The van der Waals surface area contributed by atoms with E-state index in [9.17, 15) is 9.59 Å². The van der Waals surface area contributed by atoms with Gasteiger partial charge in [-0.15, -0.1) is 0 Å². The molecule has 0 N–H and O–H groups in total. The lowest BCUT2D eigenvalue weighted by Gasteiger charge is -2.19. The van der Waals surface area contributed by atoms with Crippen LogP contribution in [0.3, 0.4) is 0 Å². The molecular weight excluding hydrogens is 352 g/mol. The van der Waals surface area contributed by atoms with Gasteiger partial charge in [-0.2, -0.15) is 0 Å². The zero-order valence-corrected chi connectivity index (χ0v) is 15.4. The summed E-state index contributed by atoms with van der Waals surface area (Å²) >= 11 is 6.29. The fourth-order valence-electron chi connectivity index (χ4n) is 3.53. The van der Waals surface area contributed by atoms with Gasteiger partial charge in [0, 0.05) is 42.6 Å². The molecule has 1 saturated heterocycles.